The predicted molar refractivity (Wildman–Crippen MR) is 152 cm³/mol. The van der Waals surface area contributed by atoms with Gasteiger partial charge in [-0.3, -0.25) is 14.4 Å². The van der Waals surface area contributed by atoms with Gasteiger partial charge in [0.2, 0.25) is 11.8 Å². The van der Waals surface area contributed by atoms with E-state index in [0.29, 0.717) is 22.7 Å². The van der Waals surface area contributed by atoms with Crippen LogP contribution in [0.5, 0.6) is 0 Å². The topological polar surface area (TPSA) is 131 Å². The normalized spacial score (nSPS) is 12.7. The molecule has 39 heavy (non-hydrogen) atoms. The summed E-state index contributed by atoms with van der Waals surface area (Å²) in [5.41, 5.74) is 8.08. The molecule has 0 aliphatic rings. The molecule has 0 aromatic heterocycles. The van der Waals surface area contributed by atoms with E-state index in [1.165, 1.54) is 4.90 Å². The van der Waals surface area contributed by atoms with Gasteiger partial charge in [-0.05, 0) is 70.7 Å². The second-order valence-corrected chi connectivity index (χ2v) is 11.0. The van der Waals surface area contributed by atoms with Gasteiger partial charge in [-0.1, -0.05) is 54.4 Å². The van der Waals surface area contributed by atoms with Crippen LogP contribution < -0.4 is 16.4 Å². The minimum absolute atomic E-state index is 0.164. The quantitative estimate of drug-likeness (QED) is 0.379. The van der Waals surface area contributed by atoms with Crippen LogP contribution in [0.4, 0.5) is 10.5 Å². The molecule has 0 saturated carbocycles. The first kappa shape index (κ1) is 31.6. The predicted octanol–water partition coefficient (Wildman–Crippen LogP) is 4.95. The number of anilines is 1. The second kappa shape index (κ2) is 13.5. The number of carbonyl (C=O) groups excluding carboxylic acids is 4. The molecule has 2 rings (SSSR count). The van der Waals surface area contributed by atoms with Crippen molar-refractivity contribution in [1.82, 2.24) is 10.2 Å². The van der Waals surface area contributed by atoms with Crippen molar-refractivity contribution in [3.8, 4) is 0 Å². The van der Waals surface area contributed by atoms with Crippen molar-refractivity contribution < 1.29 is 23.9 Å². The third-order valence-electron chi connectivity index (χ3n) is 5.90. The van der Waals surface area contributed by atoms with E-state index in [0.717, 1.165) is 16.7 Å². The summed E-state index contributed by atoms with van der Waals surface area (Å²) < 4.78 is 5.31. The molecule has 0 fully saturated rings. The van der Waals surface area contributed by atoms with Gasteiger partial charge < -0.3 is 26.0 Å². The average Bonchev–Trinajstić information content (AvgIpc) is 2.81. The number of aryl methyl sites for hydroxylation is 3. The van der Waals surface area contributed by atoms with Gasteiger partial charge >= 0.3 is 6.09 Å². The van der Waals surface area contributed by atoms with Crippen LogP contribution in [0.2, 0.25) is 5.02 Å². The Labute approximate surface area is 235 Å². The lowest BCUT2D eigenvalue weighted by Crippen LogP contribution is -2.53. The van der Waals surface area contributed by atoms with E-state index in [-0.39, 0.29) is 6.54 Å². The molecule has 0 heterocycles. The Morgan fingerprint density at radius 3 is 2.28 bits per heavy atom. The molecule has 2 unspecified atom stereocenters. The summed E-state index contributed by atoms with van der Waals surface area (Å²) in [7, 11) is 0. The summed E-state index contributed by atoms with van der Waals surface area (Å²) >= 11 is 6.39. The number of halogens is 1. The highest BCUT2D eigenvalue weighted by atomic mass is 35.5. The lowest BCUT2D eigenvalue weighted by atomic mass is 9.95. The Balaban J connectivity index is 2.61. The molecule has 2 aromatic rings. The fourth-order valence-electron chi connectivity index (χ4n) is 4.15. The largest absolute Gasteiger partial charge is 0.444 e. The van der Waals surface area contributed by atoms with Gasteiger partial charge in [0.15, 0.2) is 0 Å². The number of para-hydroxylation sites is 1. The Kier molecular flexibility index (Phi) is 10.9. The number of ether oxygens (including phenoxy) is 1. The van der Waals surface area contributed by atoms with Gasteiger partial charge in [-0.15, -0.1) is 0 Å². The van der Waals surface area contributed by atoms with Gasteiger partial charge in [0.05, 0.1) is 17.1 Å². The molecule has 10 heteroatoms. The third-order valence-corrected chi connectivity index (χ3v) is 6.22. The van der Waals surface area contributed by atoms with Crippen molar-refractivity contribution in [2.24, 2.45) is 5.73 Å². The van der Waals surface area contributed by atoms with Crippen LogP contribution in [0.3, 0.4) is 0 Å². The van der Waals surface area contributed by atoms with Crippen molar-refractivity contribution in [3.63, 3.8) is 0 Å². The van der Waals surface area contributed by atoms with Crippen LogP contribution >= 0.6 is 11.6 Å². The number of nitrogens with zero attached hydrogens (tertiary/aromatic N) is 1. The van der Waals surface area contributed by atoms with Gasteiger partial charge in [-0.2, -0.15) is 0 Å². The Bertz CT molecular complexity index is 1200. The molecular weight excluding hydrogens is 520 g/mol. The molecule has 4 amide bonds. The van der Waals surface area contributed by atoms with E-state index in [9.17, 15) is 19.2 Å². The molecule has 0 radical (unpaired) electrons. The van der Waals surface area contributed by atoms with E-state index in [1.54, 1.807) is 32.9 Å². The van der Waals surface area contributed by atoms with Crippen LogP contribution in [0.25, 0.3) is 0 Å². The van der Waals surface area contributed by atoms with E-state index >= 15 is 0 Å². The van der Waals surface area contributed by atoms with Crippen LogP contribution in [0.15, 0.2) is 36.4 Å². The van der Waals surface area contributed by atoms with Crippen LogP contribution in [-0.4, -0.2) is 46.9 Å². The molecule has 2 atom stereocenters. The fourth-order valence-corrected chi connectivity index (χ4v) is 4.41. The van der Waals surface area contributed by atoms with E-state index in [1.807, 2.05) is 52.0 Å². The van der Waals surface area contributed by atoms with Gasteiger partial charge in [0, 0.05) is 6.54 Å². The molecule has 212 valence electrons. The number of carbonyl (C=O) groups is 4. The van der Waals surface area contributed by atoms with Crippen molar-refractivity contribution in [3.05, 3.63) is 63.7 Å². The molecule has 0 saturated heterocycles. The summed E-state index contributed by atoms with van der Waals surface area (Å²) in [4.78, 5) is 53.9. The maximum atomic E-state index is 14.0. The van der Waals surface area contributed by atoms with E-state index in [4.69, 9.17) is 22.1 Å². The maximum Gasteiger partial charge on any atom is 0.408 e. The molecule has 9 nitrogen and oxygen atoms in total. The van der Waals surface area contributed by atoms with Crippen LogP contribution in [-0.2, 0) is 19.1 Å². The smallest absolute Gasteiger partial charge is 0.408 e. The summed E-state index contributed by atoms with van der Waals surface area (Å²) in [6, 6.07) is 8.46. The number of benzene rings is 2. The number of primary amides is 1. The number of hydrogen-bond acceptors (Lipinski definition) is 5. The zero-order valence-electron chi connectivity index (χ0n) is 23.7. The van der Waals surface area contributed by atoms with Gasteiger partial charge in [0.25, 0.3) is 5.91 Å². The zero-order chi connectivity index (χ0) is 29.5. The summed E-state index contributed by atoms with van der Waals surface area (Å²) in [5.74, 6) is -1.92. The second-order valence-electron chi connectivity index (χ2n) is 10.6. The van der Waals surface area contributed by atoms with E-state index < -0.39 is 47.9 Å². The van der Waals surface area contributed by atoms with Crippen LogP contribution in [0.1, 0.15) is 68.8 Å². The fraction of sp³-hybridized carbons (Fsp3) is 0.448. The molecule has 0 aliphatic heterocycles. The highest BCUT2D eigenvalue weighted by Gasteiger charge is 2.37. The third kappa shape index (κ3) is 8.99. The summed E-state index contributed by atoms with van der Waals surface area (Å²) in [5, 5.41) is 5.73. The monoisotopic (exact) mass is 558 g/mol. The number of hydrogen-bond donors (Lipinski definition) is 3. The molecule has 4 N–H and O–H groups in total. The molecule has 0 bridgehead atoms. The van der Waals surface area contributed by atoms with Crippen molar-refractivity contribution in [1.29, 1.82) is 0 Å². The lowest BCUT2D eigenvalue weighted by Gasteiger charge is -2.35. The number of nitrogens with two attached hydrogens (primary N) is 1. The minimum atomic E-state index is -1.34. The number of amides is 4. The zero-order valence-corrected chi connectivity index (χ0v) is 24.4. The van der Waals surface area contributed by atoms with E-state index in [2.05, 4.69) is 10.6 Å². The van der Waals surface area contributed by atoms with Crippen molar-refractivity contribution in [2.75, 3.05) is 11.9 Å². The molecule has 0 aliphatic carbocycles. The molecular formula is C29H39ClN4O5. The van der Waals surface area contributed by atoms with Crippen LogP contribution in [0, 0.1) is 20.8 Å². The Morgan fingerprint density at radius 2 is 1.72 bits per heavy atom. The Morgan fingerprint density at radius 1 is 1.05 bits per heavy atom. The summed E-state index contributed by atoms with van der Waals surface area (Å²) in [6.07, 6.45) is -0.845. The van der Waals surface area contributed by atoms with Gasteiger partial charge in [0.1, 0.15) is 17.7 Å². The number of rotatable bonds is 10. The van der Waals surface area contributed by atoms with Crippen molar-refractivity contribution >= 4 is 41.1 Å². The Hall–Kier alpha value is -3.59. The first-order chi connectivity index (χ1) is 18.1. The molecule has 0 spiro atoms. The number of alkyl carbamates (subject to hydrolysis) is 1. The minimum Gasteiger partial charge on any atom is -0.444 e. The standard InChI is InChI=1S/C29H39ClN4O5/c1-8-14-34(27(37)22(16-23(31)35)32-28(38)39-29(5,6)7)25(20-15-17(2)12-13-18(20)3)26(36)33-24-19(4)10-9-11-21(24)30/h9-13,15,22,25H,8,14,16H2,1-7H3,(H2,31,35)(H,32,38)(H,33,36). The lowest BCUT2D eigenvalue weighted by molar-refractivity contribution is -0.141. The number of nitrogens with one attached hydrogen (secondary N) is 2. The summed E-state index contributed by atoms with van der Waals surface area (Å²) in [6.45, 7) is 12.6. The van der Waals surface area contributed by atoms with Crippen molar-refractivity contribution in [2.45, 2.75) is 79.0 Å². The van der Waals surface area contributed by atoms with Gasteiger partial charge in [-0.25, -0.2) is 4.79 Å². The highest BCUT2D eigenvalue weighted by molar-refractivity contribution is 6.34. The SMILES string of the molecule is CCCN(C(=O)C(CC(N)=O)NC(=O)OC(C)(C)C)C(C(=O)Nc1c(C)cccc1Cl)c1cc(C)ccc1C. The average molecular weight is 559 g/mol. The highest BCUT2D eigenvalue weighted by Crippen LogP contribution is 2.31. The molecule has 2 aromatic carbocycles. The first-order valence-corrected chi connectivity index (χ1v) is 13.2. The maximum absolute atomic E-state index is 14.0. The first-order valence-electron chi connectivity index (χ1n) is 12.9.